The molecule has 1 aromatic rings. The summed E-state index contributed by atoms with van der Waals surface area (Å²) >= 11 is 0. The van der Waals surface area contributed by atoms with Gasteiger partial charge in [-0.15, -0.1) is 0 Å². The Balaban J connectivity index is 1.81. The van der Waals surface area contributed by atoms with Gasteiger partial charge in [-0.25, -0.2) is 0 Å². The molecule has 2 rings (SSSR count). The largest absolute Gasteiger partial charge is 0.508 e. The maximum Gasteiger partial charge on any atom is 0.187 e. The van der Waals surface area contributed by atoms with Crippen molar-refractivity contribution in [2.45, 2.75) is 109 Å². The number of rotatable bonds is 13. The van der Waals surface area contributed by atoms with Crippen molar-refractivity contribution < 1.29 is 44.9 Å². The van der Waals surface area contributed by atoms with Crippen molar-refractivity contribution in [1.82, 2.24) is 0 Å². The molecule has 5 atom stereocenters. The van der Waals surface area contributed by atoms with Crippen LogP contribution in [0.3, 0.4) is 0 Å². The summed E-state index contributed by atoms with van der Waals surface area (Å²) in [5.41, 5.74) is 2.75. The monoisotopic (exact) mass is 536 g/mol. The molecule has 0 amide bonds. The second-order valence-corrected chi connectivity index (χ2v) is 10.8. The predicted molar refractivity (Wildman–Crippen MR) is 143 cm³/mol. The minimum atomic E-state index is -1.47. The highest BCUT2D eigenvalue weighted by molar-refractivity contribution is 5.83. The molecule has 0 aromatic heterocycles. The Hall–Kier alpha value is -2.27. The van der Waals surface area contributed by atoms with Crippen LogP contribution >= 0.6 is 0 Å². The first-order valence-corrected chi connectivity index (χ1v) is 13.1. The molecule has 1 heterocycles. The van der Waals surface area contributed by atoms with Crippen molar-refractivity contribution in [2.24, 2.45) is 0 Å². The van der Waals surface area contributed by atoms with E-state index in [4.69, 9.17) is 9.47 Å². The van der Waals surface area contributed by atoms with Gasteiger partial charge in [0.25, 0.3) is 0 Å². The fourth-order valence-corrected chi connectivity index (χ4v) is 4.55. The van der Waals surface area contributed by atoms with E-state index in [1.165, 1.54) is 11.6 Å². The van der Waals surface area contributed by atoms with Gasteiger partial charge in [0.05, 0.1) is 17.8 Å². The number of benzene rings is 1. The number of aryl methyl sites for hydroxylation is 1. The van der Waals surface area contributed by atoms with Gasteiger partial charge in [-0.05, 0) is 84.8 Å². The van der Waals surface area contributed by atoms with Crippen LogP contribution in [0.25, 0.3) is 0 Å². The number of allylic oxidation sites excluding steroid dienone is 4. The molecule has 0 saturated carbocycles. The average Bonchev–Trinajstić information content (AvgIpc) is 2.84. The summed E-state index contributed by atoms with van der Waals surface area (Å²) in [6.07, 6.45) is 2.59. The molecule has 0 radical (unpaired) electrons. The maximum atomic E-state index is 11.2. The van der Waals surface area contributed by atoms with Crippen LogP contribution in [0.15, 0.2) is 29.4 Å². The van der Waals surface area contributed by atoms with E-state index in [2.05, 4.69) is 13.0 Å². The van der Waals surface area contributed by atoms with Gasteiger partial charge >= 0.3 is 0 Å². The number of phenolic OH excluding ortho intramolecular Hbond substituents is 2. The molecule has 0 aliphatic carbocycles. The lowest BCUT2D eigenvalue weighted by Gasteiger charge is -2.42. The van der Waals surface area contributed by atoms with Crippen LogP contribution in [0.5, 0.6) is 11.5 Å². The van der Waals surface area contributed by atoms with Gasteiger partial charge in [-0.2, -0.15) is 0 Å². The van der Waals surface area contributed by atoms with Gasteiger partial charge in [0.2, 0.25) is 0 Å². The van der Waals surface area contributed by atoms with Gasteiger partial charge in [-0.1, -0.05) is 23.3 Å². The van der Waals surface area contributed by atoms with E-state index in [9.17, 15) is 35.4 Å². The van der Waals surface area contributed by atoms with E-state index in [1.807, 2.05) is 26.8 Å². The van der Waals surface area contributed by atoms with Crippen molar-refractivity contribution in [2.75, 3.05) is 6.61 Å². The number of ether oxygens (including phenoxy) is 2. The van der Waals surface area contributed by atoms with Gasteiger partial charge < -0.3 is 40.1 Å². The first-order chi connectivity index (χ1) is 17.8. The molecule has 214 valence electrons. The van der Waals surface area contributed by atoms with Crippen LogP contribution in [-0.4, -0.2) is 79.8 Å². The lowest BCUT2D eigenvalue weighted by Crippen LogP contribution is -2.60. The predicted octanol–water partition coefficient (Wildman–Crippen LogP) is 3.20. The van der Waals surface area contributed by atoms with Crippen LogP contribution in [0.1, 0.15) is 81.3 Å². The van der Waals surface area contributed by atoms with Crippen LogP contribution in [-0.2, 0) is 15.9 Å². The standard InChI is InChI=1S/C29H44O9/c1-17(8-6-9-18(2)11-12-20-22(32)14-19(3)21(15-30)24(20)33)10-7-13-29(4,5)38-28-27(36)26(35)25(34)23(16-31)37-28/h8,11,14-15,23,25-28,31-36H,6-7,9-10,12-13,16H2,1-5H3/t23-,25+,26+,27-,28-/m0/s1. The van der Waals surface area contributed by atoms with Crippen LogP contribution in [0.4, 0.5) is 0 Å². The van der Waals surface area contributed by atoms with E-state index in [0.717, 1.165) is 31.3 Å². The van der Waals surface area contributed by atoms with E-state index in [1.54, 1.807) is 6.92 Å². The molecule has 1 aliphatic rings. The molecule has 1 saturated heterocycles. The Morgan fingerprint density at radius 2 is 1.71 bits per heavy atom. The smallest absolute Gasteiger partial charge is 0.187 e. The number of carbonyl (C=O) groups is 1. The fourth-order valence-electron chi connectivity index (χ4n) is 4.55. The quantitative estimate of drug-likeness (QED) is 0.165. The zero-order valence-electron chi connectivity index (χ0n) is 23.1. The molecular weight excluding hydrogens is 492 g/mol. The number of hydrogen-bond acceptors (Lipinski definition) is 9. The minimum Gasteiger partial charge on any atom is -0.508 e. The number of aliphatic hydroxyl groups excluding tert-OH is 4. The van der Waals surface area contributed by atoms with E-state index >= 15 is 0 Å². The molecule has 0 bridgehead atoms. The summed E-state index contributed by atoms with van der Waals surface area (Å²) in [5, 5.41) is 59.9. The third-order valence-corrected chi connectivity index (χ3v) is 7.07. The van der Waals surface area contributed by atoms with Gasteiger partial charge in [0.15, 0.2) is 12.6 Å². The lowest BCUT2D eigenvalue weighted by atomic mass is 9.96. The highest BCUT2D eigenvalue weighted by atomic mass is 16.7. The SMILES string of the molecule is CC(=CCc1c(O)cc(C)c(C=O)c1O)CCC=C(C)CCCC(C)(C)O[C@@H]1O[C@@H](CO)[C@@H](O)[C@@H](O)[C@@H]1O. The molecule has 0 spiro atoms. The highest BCUT2D eigenvalue weighted by Crippen LogP contribution is 2.33. The van der Waals surface area contributed by atoms with Crippen molar-refractivity contribution in [3.05, 3.63) is 46.1 Å². The lowest BCUT2D eigenvalue weighted by molar-refractivity contribution is -0.323. The summed E-state index contributed by atoms with van der Waals surface area (Å²) in [6.45, 7) is 8.95. The zero-order chi connectivity index (χ0) is 28.6. The average molecular weight is 537 g/mol. The van der Waals surface area contributed by atoms with E-state index < -0.39 is 42.9 Å². The number of carbonyl (C=O) groups excluding carboxylic acids is 1. The molecule has 1 fully saturated rings. The Labute approximate surface area is 225 Å². The van der Waals surface area contributed by atoms with E-state index in [0.29, 0.717) is 30.3 Å². The Morgan fingerprint density at radius 1 is 1.05 bits per heavy atom. The molecular formula is C29H44O9. The molecule has 38 heavy (non-hydrogen) atoms. The third-order valence-electron chi connectivity index (χ3n) is 7.07. The summed E-state index contributed by atoms with van der Waals surface area (Å²) in [5.74, 6) is -0.195. The normalized spacial score (nSPS) is 25.0. The summed E-state index contributed by atoms with van der Waals surface area (Å²) in [7, 11) is 0. The fraction of sp³-hybridized carbons (Fsp3) is 0.621. The Kier molecular flexibility index (Phi) is 11.9. The zero-order valence-corrected chi connectivity index (χ0v) is 23.1. The molecule has 9 nitrogen and oxygen atoms in total. The van der Waals surface area contributed by atoms with Crippen LogP contribution in [0.2, 0.25) is 0 Å². The Bertz CT molecular complexity index is 996. The molecule has 1 aromatic carbocycles. The van der Waals surface area contributed by atoms with E-state index in [-0.39, 0.29) is 17.1 Å². The van der Waals surface area contributed by atoms with Gasteiger partial charge in [-0.3, -0.25) is 4.79 Å². The van der Waals surface area contributed by atoms with Crippen molar-refractivity contribution in [3.8, 4) is 11.5 Å². The number of aromatic hydroxyl groups is 2. The second-order valence-electron chi connectivity index (χ2n) is 10.8. The number of aliphatic hydroxyl groups is 4. The summed E-state index contributed by atoms with van der Waals surface area (Å²) in [6, 6.07) is 1.49. The number of phenols is 2. The molecule has 0 unspecified atom stereocenters. The summed E-state index contributed by atoms with van der Waals surface area (Å²) < 4.78 is 11.4. The second kappa shape index (κ2) is 14.2. The molecule has 9 heteroatoms. The van der Waals surface area contributed by atoms with Crippen LogP contribution < -0.4 is 0 Å². The third kappa shape index (κ3) is 8.62. The summed E-state index contributed by atoms with van der Waals surface area (Å²) in [4.78, 5) is 11.2. The first-order valence-electron chi connectivity index (χ1n) is 13.1. The Morgan fingerprint density at radius 3 is 2.34 bits per heavy atom. The maximum absolute atomic E-state index is 11.2. The van der Waals surface area contributed by atoms with Crippen LogP contribution in [0, 0.1) is 6.92 Å². The first kappa shape index (κ1) is 31.9. The number of aldehydes is 1. The number of hydrogen-bond donors (Lipinski definition) is 6. The molecule has 6 N–H and O–H groups in total. The molecule has 1 aliphatic heterocycles. The minimum absolute atomic E-state index is 0.0242. The topological polar surface area (TPSA) is 157 Å². The highest BCUT2D eigenvalue weighted by Gasteiger charge is 2.45. The van der Waals surface area contributed by atoms with Crippen molar-refractivity contribution in [1.29, 1.82) is 0 Å². The van der Waals surface area contributed by atoms with Crippen molar-refractivity contribution >= 4 is 6.29 Å². The van der Waals surface area contributed by atoms with Crippen molar-refractivity contribution in [3.63, 3.8) is 0 Å². The van der Waals surface area contributed by atoms with Gasteiger partial charge in [0, 0.05) is 5.56 Å². The van der Waals surface area contributed by atoms with Gasteiger partial charge in [0.1, 0.15) is 35.9 Å².